The number of carbonyl (C=O) groups excluding carboxylic acids is 1. The van der Waals surface area contributed by atoms with E-state index in [-0.39, 0.29) is 5.91 Å². The van der Waals surface area contributed by atoms with Crippen LogP contribution in [0.25, 0.3) is 22.3 Å². The molecule has 0 bridgehead atoms. The zero-order valence-corrected chi connectivity index (χ0v) is 16.8. The minimum Gasteiger partial charge on any atom is -0.345 e. The van der Waals surface area contributed by atoms with Gasteiger partial charge in [-0.15, -0.1) is 10.2 Å². The van der Waals surface area contributed by atoms with E-state index in [4.69, 9.17) is 0 Å². The van der Waals surface area contributed by atoms with Gasteiger partial charge in [0.1, 0.15) is 0 Å². The van der Waals surface area contributed by atoms with Crippen LogP contribution in [0.2, 0.25) is 0 Å². The van der Waals surface area contributed by atoms with Crippen LogP contribution in [0.5, 0.6) is 0 Å². The number of nitrogens with zero attached hydrogens (tertiary/aromatic N) is 5. The Labute approximate surface area is 169 Å². The number of aromatic nitrogens is 5. The number of hydrogen-bond donors (Lipinski definition) is 1. The van der Waals surface area contributed by atoms with Crippen LogP contribution < -0.4 is 5.32 Å². The fourth-order valence-corrected chi connectivity index (χ4v) is 3.51. The Hall–Kier alpha value is -3.48. The van der Waals surface area contributed by atoms with Gasteiger partial charge in [0, 0.05) is 40.8 Å². The van der Waals surface area contributed by atoms with E-state index in [2.05, 4.69) is 63.5 Å². The maximum Gasteiger partial charge on any atom is 0.224 e. The summed E-state index contributed by atoms with van der Waals surface area (Å²) in [6.45, 7) is 4.34. The lowest BCUT2D eigenvalue weighted by Crippen LogP contribution is -2.12. The molecule has 4 aromatic rings. The maximum absolute atomic E-state index is 12.5. The van der Waals surface area contributed by atoms with Crippen LogP contribution in [0.15, 0.2) is 54.7 Å². The highest BCUT2D eigenvalue weighted by Gasteiger charge is 2.12. The Kier molecular flexibility index (Phi) is 5.12. The number of hydrogen-bond acceptors (Lipinski definition) is 4. The number of para-hydroxylation sites is 1. The number of tetrazole rings is 1. The van der Waals surface area contributed by atoms with Crippen molar-refractivity contribution >= 4 is 22.5 Å². The first-order chi connectivity index (χ1) is 14.0. The number of rotatable bonds is 6. The number of aryl methyl sites for hydroxylation is 2. The zero-order valence-electron chi connectivity index (χ0n) is 16.8. The van der Waals surface area contributed by atoms with Crippen LogP contribution in [0.1, 0.15) is 31.9 Å². The van der Waals surface area contributed by atoms with E-state index in [0.717, 1.165) is 11.3 Å². The van der Waals surface area contributed by atoms with E-state index < -0.39 is 0 Å². The van der Waals surface area contributed by atoms with Gasteiger partial charge in [-0.25, -0.2) is 0 Å². The number of nitrogens with one attached hydrogen (secondary N) is 1. The normalized spacial score (nSPS) is 11.3. The third kappa shape index (κ3) is 4.03. The molecule has 4 rings (SSSR count). The highest BCUT2D eigenvalue weighted by molar-refractivity contribution is 5.92. The standard InChI is InChI=1S/C22H24N6O/c1-15(2)28-14-17(19-9-4-5-10-20(19)28)11-12-21(29)23-18-8-6-7-16(13-18)22-24-26-27(3)25-22/h4-10,13-15H,11-12H2,1-3H3,(H,23,29). The molecule has 1 amide bonds. The Morgan fingerprint density at radius 1 is 1.14 bits per heavy atom. The lowest BCUT2D eigenvalue weighted by atomic mass is 10.1. The fourth-order valence-electron chi connectivity index (χ4n) is 3.51. The third-order valence-electron chi connectivity index (χ3n) is 4.91. The molecule has 7 heteroatoms. The van der Waals surface area contributed by atoms with Gasteiger partial charge in [0.25, 0.3) is 0 Å². The molecule has 0 spiro atoms. The average Bonchev–Trinajstić information content (AvgIpc) is 3.30. The zero-order chi connectivity index (χ0) is 20.4. The quantitative estimate of drug-likeness (QED) is 0.542. The minimum atomic E-state index is -0.0179. The van der Waals surface area contributed by atoms with E-state index in [1.807, 2.05) is 30.3 Å². The first kappa shape index (κ1) is 18.9. The molecule has 0 unspecified atom stereocenters. The molecule has 0 aliphatic heterocycles. The van der Waals surface area contributed by atoms with Crippen LogP contribution in [0.4, 0.5) is 5.69 Å². The van der Waals surface area contributed by atoms with Crippen molar-refractivity contribution in [3.05, 3.63) is 60.3 Å². The second-order valence-corrected chi connectivity index (χ2v) is 7.40. The van der Waals surface area contributed by atoms with Crippen molar-refractivity contribution in [2.75, 3.05) is 5.32 Å². The molecule has 0 atom stereocenters. The van der Waals surface area contributed by atoms with E-state index >= 15 is 0 Å². The van der Waals surface area contributed by atoms with Gasteiger partial charge in [-0.3, -0.25) is 4.79 Å². The molecule has 0 saturated carbocycles. The molecule has 2 heterocycles. The summed E-state index contributed by atoms with van der Waals surface area (Å²) < 4.78 is 2.26. The Morgan fingerprint density at radius 2 is 1.97 bits per heavy atom. The summed E-state index contributed by atoms with van der Waals surface area (Å²) in [5.74, 6) is 0.515. The number of carbonyl (C=O) groups is 1. The molecule has 0 aliphatic carbocycles. The summed E-state index contributed by atoms with van der Waals surface area (Å²) >= 11 is 0. The number of fused-ring (bicyclic) bond motifs is 1. The summed E-state index contributed by atoms with van der Waals surface area (Å²) in [4.78, 5) is 14.0. The van der Waals surface area contributed by atoms with Crippen LogP contribution in [0.3, 0.4) is 0 Å². The molecule has 2 aromatic carbocycles. The van der Waals surface area contributed by atoms with Gasteiger partial charge < -0.3 is 9.88 Å². The van der Waals surface area contributed by atoms with Gasteiger partial charge in [0.15, 0.2) is 0 Å². The molecule has 0 aliphatic rings. The molecule has 0 radical (unpaired) electrons. The van der Waals surface area contributed by atoms with Gasteiger partial charge in [-0.1, -0.05) is 30.3 Å². The highest BCUT2D eigenvalue weighted by atomic mass is 16.1. The van der Waals surface area contributed by atoms with Crippen molar-refractivity contribution in [1.29, 1.82) is 0 Å². The van der Waals surface area contributed by atoms with Gasteiger partial charge in [0.05, 0.1) is 7.05 Å². The molecule has 0 saturated heterocycles. The molecule has 2 aromatic heterocycles. The minimum absolute atomic E-state index is 0.0179. The van der Waals surface area contributed by atoms with E-state index in [1.54, 1.807) is 7.05 Å². The van der Waals surface area contributed by atoms with Crippen LogP contribution in [-0.4, -0.2) is 30.7 Å². The summed E-state index contributed by atoms with van der Waals surface area (Å²) in [6, 6.07) is 16.2. The van der Waals surface area contributed by atoms with E-state index in [0.29, 0.717) is 24.7 Å². The van der Waals surface area contributed by atoms with Gasteiger partial charge in [-0.2, -0.15) is 4.80 Å². The van der Waals surface area contributed by atoms with Gasteiger partial charge in [0.2, 0.25) is 11.7 Å². The Bertz CT molecular complexity index is 1160. The van der Waals surface area contributed by atoms with Crippen LogP contribution in [0, 0.1) is 0 Å². The van der Waals surface area contributed by atoms with E-state index in [1.165, 1.54) is 21.3 Å². The van der Waals surface area contributed by atoms with Gasteiger partial charge >= 0.3 is 0 Å². The van der Waals surface area contributed by atoms with E-state index in [9.17, 15) is 4.79 Å². The monoisotopic (exact) mass is 388 g/mol. The second-order valence-electron chi connectivity index (χ2n) is 7.40. The molecular weight excluding hydrogens is 364 g/mol. The summed E-state index contributed by atoms with van der Waals surface area (Å²) in [5, 5.41) is 16.3. The van der Waals surface area contributed by atoms with Crippen molar-refractivity contribution in [2.24, 2.45) is 7.05 Å². The maximum atomic E-state index is 12.5. The van der Waals surface area contributed by atoms with Crippen LogP contribution >= 0.6 is 0 Å². The smallest absolute Gasteiger partial charge is 0.224 e. The molecule has 29 heavy (non-hydrogen) atoms. The SMILES string of the molecule is CC(C)n1cc(CCC(=O)Nc2cccc(-c3nnn(C)n3)c2)c2ccccc21. The van der Waals surface area contributed by atoms with Crippen molar-refractivity contribution in [1.82, 2.24) is 24.8 Å². The summed E-state index contributed by atoms with van der Waals surface area (Å²) in [7, 11) is 1.72. The third-order valence-corrected chi connectivity index (χ3v) is 4.91. The molecular formula is C22H24N6O. The number of anilines is 1. The Morgan fingerprint density at radius 3 is 2.72 bits per heavy atom. The highest BCUT2D eigenvalue weighted by Crippen LogP contribution is 2.26. The average molecular weight is 388 g/mol. The van der Waals surface area contributed by atoms with Crippen molar-refractivity contribution in [2.45, 2.75) is 32.7 Å². The topological polar surface area (TPSA) is 77.6 Å². The van der Waals surface area contributed by atoms with Crippen LogP contribution in [-0.2, 0) is 18.3 Å². The van der Waals surface area contributed by atoms with Gasteiger partial charge in [-0.05, 0) is 49.2 Å². The Balaban J connectivity index is 1.45. The largest absolute Gasteiger partial charge is 0.345 e. The second kappa shape index (κ2) is 7.87. The predicted molar refractivity (Wildman–Crippen MR) is 114 cm³/mol. The van der Waals surface area contributed by atoms with Crippen molar-refractivity contribution in [3.63, 3.8) is 0 Å². The molecule has 1 N–H and O–H groups in total. The number of amides is 1. The number of benzene rings is 2. The van der Waals surface area contributed by atoms with Crippen molar-refractivity contribution in [3.8, 4) is 11.4 Å². The lowest BCUT2D eigenvalue weighted by Gasteiger charge is -2.08. The molecule has 148 valence electrons. The molecule has 7 nitrogen and oxygen atoms in total. The first-order valence-electron chi connectivity index (χ1n) is 9.74. The fraction of sp³-hybridized carbons (Fsp3) is 0.273. The first-order valence-corrected chi connectivity index (χ1v) is 9.74. The van der Waals surface area contributed by atoms with Crippen molar-refractivity contribution < 1.29 is 4.79 Å². The summed E-state index contributed by atoms with van der Waals surface area (Å²) in [6.07, 6.45) is 3.28. The predicted octanol–water partition coefficient (Wildman–Crippen LogP) is 3.98. The lowest BCUT2D eigenvalue weighted by molar-refractivity contribution is -0.116. The summed E-state index contributed by atoms with van der Waals surface area (Å²) in [5.41, 5.74) is 3.95. The molecule has 0 fully saturated rings.